The molecule has 1 aliphatic rings. The van der Waals surface area contributed by atoms with Crippen molar-refractivity contribution < 1.29 is 9.53 Å². The molecule has 0 fully saturated rings. The lowest BCUT2D eigenvalue weighted by Crippen LogP contribution is -2.36. The van der Waals surface area contributed by atoms with Crippen LogP contribution in [0.15, 0.2) is 16.6 Å². The van der Waals surface area contributed by atoms with Gasteiger partial charge >= 0.3 is 0 Å². The molecule has 15 heavy (non-hydrogen) atoms. The van der Waals surface area contributed by atoms with E-state index in [0.717, 1.165) is 4.47 Å². The first-order chi connectivity index (χ1) is 6.89. The highest BCUT2D eigenvalue weighted by molar-refractivity contribution is 9.10. The second-order valence-electron chi connectivity index (χ2n) is 4.23. The van der Waals surface area contributed by atoms with E-state index in [0.29, 0.717) is 22.8 Å². The van der Waals surface area contributed by atoms with Crippen molar-refractivity contribution in [1.29, 1.82) is 0 Å². The summed E-state index contributed by atoms with van der Waals surface area (Å²) < 4.78 is 6.50. The second kappa shape index (κ2) is 3.49. The molecular formula is C11H10BrClO2. The summed E-state index contributed by atoms with van der Waals surface area (Å²) in [6.07, 6.45) is 0.382. The summed E-state index contributed by atoms with van der Waals surface area (Å²) in [7, 11) is 0. The van der Waals surface area contributed by atoms with Crippen LogP contribution < -0.4 is 4.74 Å². The van der Waals surface area contributed by atoms with Crippen LogP contribution in [0.1, 0.15) is 30.6 Å². The van der Waals surface area contributed by atoms with E-state index in [2.05, 4.69) is 15.9 Å². The molecule has 0 amide bonds. The fourth-order valence-corrected chi connectivity index (χ4v) is 2.51. The van der Waals surface area contributed by atoms with Gasteiger partial charge in [-0.3, -0.25) is 4.79 Å². The minimum atomic E-state index is -0.471. The van der Waals surface area contributed by atoms with Crippen molar-refractivity contribution in [2.45, 2.75) is 25.9 Å². The Balaban J connectivity index is 2.60. The molecule has 2 rings (SSSR count). The van der Waals surface area contributed by atoms with E-state index in [1.54, 1.807) is 12.1 Å². The number of Topliss-reactive ketones (excluding diaryl/α,β-unsaturated/α-hetero) is 1. The Morgan fingerprint density at radius 1 is 1.47 bits per heavy atom. The van der Waals surface area contributed by atoms with Crippen LogP contribution in [-0.4, -0.2) is 11.4 Å². The number of hydrogen-bond acceptors (Lipinski definition) is 2. The Bertz CT molecular complexity index is 440. The van der Waals surface area contributed by atoms with Gasteiger partial charge in [-0.1, -0.05) is 27.5 Å². The van der Waals surface area contributed by atoms with Crippen LogP contribution in [0.4, 0.5) is 0 Å². The van der Waals surface area contributed by atoms with Gasteiger partial charge in [0.15, 0.2) is 5.78 Å². The maximum atomic E-state index is 11.8. The summed E-state index contributed by atoms with van der Waals surface area (Å²) >= 11 is 9.34. The maximum Gasteiger partial charge on any atom is 0.170 e. The molecule has 4 heteroatoms. The number of ether oxygens (including phenoxy) is 1. The normalized spacial score (nSPS) is 18.3. The molecule has 0 saturated heterocycles. The number of rotatable bonds is 0. The van der Waals surface area contributed by atoms with E-state index < -0.39 is 5.60 Å². The zero-order valence-electron chi connectivity index (χ0n) is 8.43. The van der Waals surface area contributed by atoms with Crippen molar-refractivity contribution in [3.63, 3.8) is 0 Å². The minimum Gasteiger partial charge on any atom is -0.485 e. The van der Waals surface area contributed by atoms with E-state index in [1.807, 2.05) is 13.8 Å². The average molecular weight is 290 g/mol. The summed E-state index contributed by atoms with van der Waals surface area (Å²) in [5.41, 5.74) is 0.0929. The SMILES string of the molecule is CC1(C)CC(=O)c2cc(Br)cc(Cl)c2O1. The first-order valence-corrected chi connectivity index (χ1v) is 5.77. The van der Waals surface area contributed by atoms with Crippen molar-refractivity contribution in [3.05, 3.63) is 27.2 Å². The number of hydrogen-bond donors (Lipinski definition) is 0. The van der Waals surface area contributed by atoms with Gasteiger partial charge in [0.2, 0.25) is 0 Å². The van der Waals surface area contributed by atoms with Gasteiger partial charge in [-0.25, -0.2) is 0 Å². The van der Waals surface area contributed by atoms with Gasteiger partial charge in [0.1, 0.15) is 11.4 Å². The number of carbonyl (C=O) groups excluding carboxylic acids is 1. The number of benzene rings is 1. The molecule has 80 valence electrons. The Kier molecular flexibility index (Phi) is 2.55. The fourth-order valence-electron chi connectivity index (χ4n) is 1.67. The van der Waals surface area contributed by atoms with Crippen LogP contribution in [0.5, 0.6) is 5.75 Å². The van der Waals surface area contributed by atoms with E-state index in [9.17, 15) is 4.79 Å². The van der Waals surface area contributed by atoms with Gasteiger partial charge in [0.05, 0.1) is 17.0 Å². The van der Waals surface area contributed by atoms with E-state index in [-0.39, 0.29) is 5.78 Å². The molecule has 0 saturated carbocycles. The molecule has 0 unspecified atom stereocenters. The third kappa shape index (κ3) is 2.04. The third-order valence-corrected chi connectivity index (χ3v) is 3.01. The molecule has 0 bridgehead atoms. The highest BCUT2D eigenvalue weighted by Crippen LogP contribution is 2.40. The molecule has 0 atom stereocenters. The highest BCUT2D eigenvalue weighted by atomic mass is 79.9. The Labute approximate surface area is 102 Å². The van der Waals surface area contributed by atoms with Crippen molar-refractivity contribution in [2.24, 2.45) is 0 Å². The molecule has 0 aromatic heterocycles. The van der Waals surface area contributed by atoms with Crippen LogP contribution in [0.3, 0.4) is 0 Å². The van der Waals surface area contributed by atoms with Crippen LogP contribution in [0.25, 0.3) is 0 Å². The van der Waals surface area contributed by atoms with Crippen LogP contribution in [-0.2, 0) is 0 Å². The summed E-state index contributed by atoms with van der Waals surface area (Å²) in [6, 6.07) is 3.48. The summed E-state index contributed by atoms with van der Waals surface area (Å²) in [4.78, 5) is 11.8. The molecule has 1 aromatic carbocycles. The fraction of sp³-hybridized carbons (Fsp3) is 0.364. The van der Waals surface area contributed by atoms with Crippen molar-refractivity contribution in [1.82, 2.24) is 0 Å². The number of fused-ring (bicyclic) bond motifs is 1. The smallest absolute Gasteiger partial charge is 0.170 e. The molecule has 2 nitrogen and oxygen atoms in total. The maximum absolute atomic E-state index is 11.8. The largest absolute Gasteiger partial charge is 0.485 e. The molecule has 1 aliphatic heterocycles. The van der Waals surface area contributed by atoms with Gasteiger partial charge in [-0.05, 0) is 26.0 Å². The lowest BCUT2D eigenvalue weighted by molar-refractivity contribution is 0.0620. The molecule has 0 N–H and O–H groups in total. The lowest BCUT2D eigenvalue weighted by atomic mass is 9.93. The van der Waals surface area contributed by atoms with Crippen LogP contribution in [0, 0.1) is 0 Å². The summed E-state index contributed by atoms with van der Waals surface area (Å²) in [5.74, 6) is 0.575. The van der Waals surface area contributed by atoms with Gasteiger partial charge in [-0.2, -0.15) is 0 Å². The van der Waals surface area contributed by atoms with Crippen LogP contribution in [0.2, 0.25) is 5.02 Å². The van der Waals surface area contributed by atoms with Crippen molar-refractivity contribution in [2.75, 3.05) is 0 Å². The zero-order valence-corrected chi connectivity index (χ0v) is 10.8. The predicted octanol–water partition coefficient (Wildman–Crippen LogP) is 3.85. The van der Waals surface area contributed by atoms with E-state index >= 15 is 0 Å². The predicted molar refractivity (Wildman–Crippen MR) is 62.8 cm³/mol. The average Bonchev–Trinajstić information content (AvgIpc) is 2.06. The van der Waals surface area contributed by atoms with E-state index in [4.69, 9.17) is 16.3 Å². The minimum absolute atomic E-state index is 0.0736. The van der Waals surface area contributed by atoms with Gasteiger partial charge < -0.3 is 4.74 Å². The quantitative estimate of drug-likeness (QED) is 0.725. The van der Waals surface area contributed by atoms with Gasteiger partial charge in [-0.15, -0.1) is 0 Å². The first-order valence-electron chi connectivity index (χ1n) is 4.60. The molecule has 0 aliphatic carbocycles. The molecule has 0 radical (unpaired) electrons. The second-order valence-corrected chi connectivity index (χ2v) is 5.55. The number of carbonyl (C=O) groups is 1. The first kappa shape index (κ1) is 11.0. The lowest BCUT2D eigenvalue weighted by Gasteiger charge is -2.32. The highest BCUT2D eigenvalue weighted by Gasteiger charge is 2.33. The summed E-state index contributed by atoms with van der Waals surface area (Å²) in [5, 5.41) is 0.473. The topological polar surface area (TPSA) is 26.3 Å². The van der Waals surface area contributed by atoms with Gasteiger partial charge in [0, 0.05) is 4.47 Å². The van der Waals surface area contributed by atoms with Crippen molar-refractivity contribution >= 4 is 33.3 Å². The Hall–Kier alpha value is -0.540. The molecule has 1 heterocycles. The zero-order chi connectivity index (χ0) is 11.2. The van der Waals surface area contributed by atoms with Crippen molar-refractivity contribution in [3.8, 4) is 5.75 Å². The molecular weight excluding hydrogens is 279 g/mol. The molecule has 1 aromatic rings. The molecule has 0 spiro atoms. The monoisotopic (exact) mass is 288 g/mol. The number of ketones is 1. The summed E-state index contributed by atoms with van der Waals surface area (Å²) in [6.45, 7) is 3.76. The Morgan fingerprint density at radius 3 is 2.80 bits per heavy atom. The standard InChI is InChI=1S/C11H10BrClO2/c1-11(2)5-9(14)7-3-6(12)4-8(13)10(7)15-11/h3-4H,5H2,1-2H3. The Morgan fingerprint density at radius 2 is 2.13 bits per heavy atom. The number of halogens is 2. The van der Waals surface area contributed by atoms with Crippen LogP contribution >= 0.6 is 27.5 Å². The van der Waals surface area contributed by atoms with Gasteiger partial charge in [0.25, 0.3) is 0 Å². The van der Waals surface area contributed by atoms with E-state index in [1.165, 1.54) is 0 Å². The third-order valence-electron chi connectivity index (χ3n) is 2.27.